The molecule has 0 radical (unpaired) electrons. The summed E-state index contributed by atoms with van der Waals surface area (Å²) >= 11 is 1.62. The molecule has 0 saturated heterocycles. The van der Waals surface area contributed by atoms with Crippen LogP contribution in [0, 0.1) is 0 Å². The summed E-state index contributed by atoms with van der Waals surface area (Å²) in [7, 11) is 1.51. The summed E-state index contributed by atoms with van der Waals surface area (Å²) in [4.78, 5) is 32.8. The Labute approximate surface area is 160 Å². The Morgan fingerprint density at radius 2 is 2.07 bits per heavy atom. The molecule has 4 rings (SSSR count). The topological polar surface area (TPSA) is 73.2 Å². The number of amides is 1. The number of hydrogen-bond acceptors (Lipinski definition) is 5. The summed E-state index contributed by atoms with van der Waals surface area (Å²) in [5.74, 6) is 0.617. The molecule has 0 spiro atoms. The van der Waals surface area contributed by atoms with E-state index in [0.717, 1.165) is 36.1 Å². The van der Waals surface area contributed by atoms with Crippen molar-refractivity contribution in [1.29, 1.82) is 0 Å². The Bertz CT molecular complexity index is 1080. The fourth-order valence-electron chi connectivity index (χ4n) is 3.59. The summed E-state index contributed by atoms with van der Waals surface area (Å²) in [5, 5.41) is 0.659. The van der Waals surface area contributed by atoms with Gasteiger partial charge in [0, 0.05) is 11.3 Å². The van der Waals surface area contributed by atoms with Crippen LogP contribution >= 0.6 is 11.3 Å². The molecule has 0 bridgehead atoms. The van der Waals surface area contributed by atoms with Crippen molar-refractivity contribution in [3.05, 3.63) is 56.4 Å². The first kappa shape index (κ1) is 17.7. The van der Waals surface area contributed by atoms with Crippen molar-refractivity contribution in [3.63, 3.8) is 0 Å². The third-order valence-electron chi connectivity index (χ3n) is 4.94. The number of carbonyl (C=O) groups excluding carboxylic acids is 1. The third kappa shape index (κ3) is 3.02. The lowest BCUT2D eigenvalue weighted by atomic mass is 9.97. The van der Waals surface area contributed by atoms with Crippen molar-refractivity contribution in [1.82, 2.24) is 9.66 Å². The van der Waals surface area contributed by atoms with Crippen molar-refractivity contribution in [3.8, 4) is 5.75 Å². The van der Waals surface area contributed by atoms with Gasteiger partial charge >= 0.3 is 0 Å². The fraction of sp³-hybridized carbons (Fsp3) is 0.350. The molecule has 1 N–H and O–H groups in total. The molecule has 1 aliphatic carbocycles. The first-order valence-corrected chi connectivity index (χ1v) is 9.96. The Morgan fingerprint density at radius 1 is 1.30 bits per heavy atom. The molecule has 0 aliphatic heterocycles. The van der Waals surface area contributed by atoms with E-state index in [1.54, 1.807) is 35.6 Å². The molecule has 0 fully saturated rings. The number of aryl methyl sites for hydroxylation is 3. The fourth-order valence-corrected chi connectivity index (χ4v) is 4.86. The Hall–Kier alpha value is -2.67. The van der Waals surface area contributed by atoms with Gasteiger partial charge in [0.05, 0.1) is 18.1 Å². The number of nitrogens with zero attached hydrogens (tertiary/aromatic N) is 2. The van der Waals surface area contributed by atoms with Crippen LogP contribution in [0.5, 0.6) is 5.75 Å². The molecule has 0 atom stereocenters. The molecule has 6 nitrogen and oxygen atoms in total. The largest absolute Gasteiger partial charge is 0.496 e. The van der Waals surface area contributed by atoms with Gasteiger partial charge < -0.3 is 4.74 Å². The minimum Gasteiger partial charge on any atom is -0.496 e. The van der Waals surface area contributed by atoms with Crippen molar-refractivity contribution < 1.29 is 9.53 Å². The molecule has 0 unspecified atom stereocenters. The van der Waals surface area contributed by atoms with Gasteiger partial charge in [0.2, 0.25) is 0 Å². The average Bonchev–Trinajstić information content (AvgIpc) is 3.08. The van der Waals surface area contributed by atoms with Crippen molar-refractivity contribution >= 4 is 27.5 Å². The number of aromatic nitrogens is 2. The molecule has 27 heavy (non-hydrogen) atoms. The number of ether oxygens (including phenoxy) is 1. The van der Waals surface area contributed by atoms with E-state index < -0.39 is 5.91 Å². The quantitative estimate of drug-likeness (QED) is 0.750. The smallest absolute Gasteiger partial charge is 0.281 e. The predicted octanol–water partition coefficient (Wildman–Crippen LogP) is 3.29. The van der Waals surface area contributed by atoms with Gasteiger partial charge in [0.15, 0.2) is 0 Å². The standard InChI is InChI=1S/C20H21N3O3S/c1-3-16-21-19-17(13-9-5-7-11-15(13)27-19)20(25)23(16)22-18(24)12-8-4-6-10-14(12)26-2/h4,6,8,10H,3,5,7,9,11H2,1-2H3,(H,22,24). The lowest BCUT2D eigenvalue weighted by Gasteiger charge is -2.15. The second-order valence-corrected chi connectivity index (χ2v) is 7.64. The highest BCUT2D eigenvalue weighted by molar-refractivity contribution is 7.18. The first-order chi connectivity index (χ1) is 13.1. The molecular weight excluding hydrogens is 362 g/mol. The lowest BCUT2D eigenvalue weighted by Crippen LogP contribution is -2.36. The molecule has 2 aromatic heterocycles. The highest BCUT2D eigenvalue weighted by Crippen LogP contribution is 2.33. The van der Waals surface area contributed by atoms with Gasteiger partial charge in [-0.1, -0.05) is 19.1 Å². The van der Waals surface area contributed by atoms with E-state index in [9.17, 15) is 9.59 Å². The van der Waals surface area contributed by atoms with E-state index in [1.807, 2.05) is 6.92 Å². The zero-order valence-electron chi connectivity index (χ0n) is 15.4. The number of methoxy groups -OCH3 is 1. The Balaban J connectivity index is 1.82. The van der Waals surface area contributed by atoms with E-state index in [4.69, 9.17) is 4.74 Å². The van der Waals surface area contributed by atoms with E-state index in [2.05, 4.69) is 10.4 Å². The highest BCUT2D eigenvalue weighted by Gasteiger charge is 2.23. The molecule has 2 heterocycles. The highest BCUT2D eigenvalue weighted by atomic mass is 32.1. The summed E-state index contributed by atoms with van der Waals surface area (Å²) in [6.07, 6.45) is 4.68. The van der Waals surface area contributed by atoms with Gasteiger partial charge in [-0.15, -0.1) is 11.3 Å². The van der Waals surface area contributed by atoms with Crippen LogP contribution < -0.4 is 15.7 Å². The van der Waals surface area contributed by atoms with E-state index in [0.29, 0.717) is 28.9 Å². The summed E-state index contributed by atoms with van der Waals surface area (Å²) in [5.41, 5.74) is 4.03. The average molecular weight is 383 g/mol. The monoisotopic (exact) mass is 383 g/mol. The molecule has 3 aromatic rings. The van der Waals surface area contributed by atoms with Crippen LogP contribution in [0.2, 0.25) is 0 Å². The zero-order chi connectivity index (χ0) is 19.0. The van der Waals surface area contributed by atoms with Crippen molar-refractivity contribution in [2.75, 3.05) is 12.5 Å². The molecule has 7 heteroatoms. The number of benzene rings is 1. The van der Waals surface area contributed by atoms with Crippen LogP contribution in [0.4, 0.5) is 0 Å². The Morgan fingerprint density at radius 3 is 2.85 bits per heavy atom. The van der Waals surface area contributed by atoms with Crippen LogP contribution in [0.25, 0.3) is 10.2 Å². The van der Waals surface area contributed by atoms with Gasteiger partial charge in [-0.05, 0) is 43.4 Å². The lowest BCUT2D eigenvalue weighted by molar-refractivity contribution is 0.100. The maximum atomic E-state index is 13.2. The second kappa shape index (κ2) is 7.15. The van der Waals surface area contributed by atoms with Gasteiger partial charge in [-0.3, -0.25) is 15.0 Å². The molecule has 1 aromatic carbocycles. The number of nitrogens with one attached hydrogen (secondary N) is 1. The van der Waals surface area contributed by atoms with Crippen LogP contribution in [-0.4, -0.2) is 22.7 Å². The van der Waals surface area contributed by atoms with Crippen LogP contribution in [-0.2, 0) is 19.3 Å². The minimum absolute atomic E-state index is 0.195. The molecule has 0 saturated carbocycles. The van der Waals surface area contributed by atoms with Gasteiger partial charge in [0.25, 0.3) is 11.5 Å². The van der Waals surface area contributed by atoms with Gasteiger partial charge in [-0.25, -0.2) is 9.66 Å². The summed E-state index contributed by atoms with van der Waals surface area (Å²) in [6, 6.07) is 6.94. The molecule has 1 aliphatic rings. The van der Waals surface area contributed by atoms with Crippen molar-refractivity contribution in [2.45, 2.75) is 39.0 Å². The number of carbonyl (C=O) groups is 1. The van der Waals surface area contributed by atoms with Gasteiger partial charge in [0.1, 0.15) is 16.4 Å². The van der Waals surface area contributed by atoms with Crippen molar-refractivity contribution in [2.24, 2.45) is 0 Å². The second-order valence-electron chi connectivity index (χ2n) is 6.55. The number of fused-ring (bicyclic) bond motifs is 3. The van der Waals surface area contributed by atoms with Crippen LogP contribution in [0.3, 0.4) is 0 Å². The summed E-state index contributed by atoms with van der Waals surface area (Å²) in [6.45, 7) is 1.92. The van der Waals surface area contributed by atoms with E-state index >= 15 is 0 Å². The number of rotatable bonds is 4. The van der Waals surface area contributed by atoms with Crippen LogP contribution in [0.1, 0.15) is 46.4 Å². The number of para-hydroxylation sites is 1. The Kier molecular flexibility index (Phi) is 4.70. The van der Waals surface area contributed by atoms with E-state index in [1.165, 1.54) is 16.7 Å². The molecule has 1 amide bonds. The molecule has 140 valence electrons. The maximum Gasteiger partial charge on any atom is 0.281 e. The third-order valence-corrected chi connectivity index (χ3v) is 6.13. The van der Waals surface area contributed by atoms with E-state index in [-0.39, 0.29) is 5.56 Å². The number of hydrogen-bond donors (Lipinski definition) is 1. The zero-order valence-corrected chi connectivity index (χ0v) is 16.2. The summed E-state index contributed by atoms with van der Waals surface area (Å²) < 4.78 is 6.57. The predicted molar refractivity (Wildman–Crippen MR) is 107 cm³/mol. The first-order valence-electron chi connectivity index (χ1n) is 9.14. The maximum absolute atomic E-state index is 13.2. The normalized spacial score (nSPS) is 13.4. The number of thiophene rings is 1. The minimum atomic E-state index is -0.394. The van der Waals surface area contributed by atoms with Crippen LogP contribution in [0.15, 0.2) is 29.1 Å². The van der Waals surface area contributed by atoms with Gasteiger partial charge in [-0.2, -0.15) is 0 Å². The molecular formula is C20H21N3O3S. The SMILES string of the molecule is CCc1nc2sc3c(c2c(=O)n1NC(=O)c1ccccc1OC)CCCC3.